The van der Waals surface area contributed by atoms with E-state index in [1.54, 1.807) is 0 Å². The average Bonchev–Trinajstić information content (AvgIpc) is 1.84. The number of nitrogens with one attached hydrogen (secondary N) is 1. The summed E-state index contributed by atoms with van der Waals surface area (Å²) >= 11 is 5.62. The molecule has 12 heavy (non-hydrogen) atoms. The van der Waals surface area contributed by atoms with Crippen LogP contribution < -0.4 is 10.8 Å². The first-order chi connectivity index (χ1) is 5.46. The minimum absolute atomic E-state index is 0.180. The van der Waals surface area contributed by atoms with Gasteiger partial charge in [-0.1, -0.05) is 0 Å². The van der Waals surface area contributed by atoms with Crippen LogP contribution in [-0.4, -0.2) is 35.5 Å². The van der Waals surface area contributed by atoms with Gasteiger partial charge in [-0.3, -0.25) is 10.1 Å². The van der Waals surface area contributed by atoms with Crippen molar-refractivity contribution in [1.29, 1.82) is 0 Å². The molecule has 0 aromatic carbocycles. The molecule has 0 aromatic heterocycles. The van der Waals surface area contributed by atoms with Gasteiger partial charge in [0.1, 0.15) is 12.1 Å². The van der Waals surface area contributed by atoms with E-state index in [0.29, 0.717) is 0 Å². The van der Waals surface area contributed by atoms with E-state index in [1.807, 2.05) is 0 Å². The summed E-state index contributed by atoms with van der Waals surface area (Å²) in [5.41, 5.74) is 5.41. The van der Waals surface area contributed by atoms with Crippen molar-refractivity contribution in [3.05, 3.63) is 15.3 Å². The molecule has 0 aromatic rings. The Bertz CT molecular complexity index is 190. The molecule has 1 aliphatic carbocycles. The van der Waals surface area contributed by atoms with Crippen molar-refractivity contribution in [2.24, 2.45) is 5.73 Å². The molecule has 0 heterocycles. The van der Waals surface area contributed by atoms with Gasteiger partial charge in [-0.05, 0) is 0 Å². The molecule has 1 saturated carbocycles. The van der Waals surface area contributed by atoms with Gasteiger partial charge in [0.2, 0.25) is 0 Å². The minimum atomic E-state index is -0.972. The molecule has 1 rings (SSSR count). The number of nitrogens with two attached hydrogens (primary N) is 1. The SMILES string of the molecule is C[NH+]([O-])C1C(N)C([N+](=O)[O-])C1Cl. The lowest BCUT2D eigenvalue weighted by Crippen LogP contribution is -3.15. The predicted molar refractivity (Wildman–Crippen MR) is 42.4 cm³/mol. The summed E-state index contributed by atoms with van der Waals surface area (Å²) in [6.45, 7) is 0. The van der Waals surface area contributed by atoms with Crippen molar-refractivity contribution >= 4 is 11.6 Å². The van der Waals surface area contributed by atoms with Crippen LogP contribution >= 0.6 is 11.6 Å². The summed E-state index contributed by atoms with van der Waals surface area (Å²) in [5, 5.41) is 20.2. The zero-order chi connectivity index (χ0) is 9.46. The Hall–Kier alpha value is -0.430. The van der Waals surface area contributed by atoms with Crippen LogP contribution in [0.25, 0.3) is 0 Å². The van der Waals surface area contributed by atoms with E-state index in [9.17, 15) is 15.3 Å². The highest BCUT2D eigenvalue weighted by Gasteiger charge is 2.59. The van der Waals surface area contributed by atoms with Crippen LogP contribution in [0.4, 0.5) is 0 Å². The number of rotatable bonds is 2. The fraction of sp³-hybridized carbons (Fsp3) is 1.00. The number of quaternary nitrogens is 1. The standard InChI is InChI=1S/C5H10ClN3O3/c1-8(10)4-2(6)5(3(4)7)9(11)12/h2-5,8H,7H2,1H3. The third kappa shape index (κ3) is 1.27. The number of nitrogens with zero attached hydrogens (tertiary/aromatic N) is 1. The van der Waals surface area contributed by atoms with Crippen LogP contribution in [0, 0.1) is 15.3 Å². The van der Waals surface area contributed by atoms with Crippen molar-refractivity contribution in [1.82, 2.24) is 0 Å². The second-order valence-electron chi connectivity index (χ2n) is 2.93. The molecule has 7 heteroatoms. The van der Waals surface area contributed by atoms with Crippen LogP contribution in [0.2, 0.25) is 0 Å². The summed E-state index contributed by atoms with van der Waals surface area (Å²) in [7, 11) is 1.34. The Labute approximate surface area is 74.0 Å². The highest BCUT2D eigenvalue weighted by Crippen LogP contribution is 2.25. The Balaban J connectivity index is 2.62. The van der Waals surface area contributed by atoms with E-state index in [1.165, 1.54) is 7.05 Å². The van der Waals surface area contributed by atoms with Gasteiger partial charge in [0.15, 0.2) is 5.38 Å². The predicted octanol–water partition coefficient (Wildman–Crippen LogP) is -2.04. The largest absolute Gasteiger partial charge is 0.634 e. The van der Waals surface area contributed by atoms with Crippen molar-refractivity contribution in [2.45, 2.75) is 23.5 Å². The fourth-order valence-corrected chi connectivity index (χ4v) is 2.06. The molecule has 5 unspecified atom stereocenters. The zero-order valence-corrected chi connectivity index (χ0v) is 7.19. The van der Waals surface area contributed by atoms with Gasteiger partial charge in [-0.15, -0.1) is 11.6 Å². The molecule has 0 spiro atoms. The van der Waals surface area contributed by atoms with E-state index < -0.39 is 28.4 Å². The Morgan fingerprint density at radius 2 is 2.17 bits per heavy atom. The van der Waals surface area contributed by atoms with Gasteiger partial charge in [0.25, 0.3) is 6.04 Å². The van der Waals surface area contributed by atoms with Gasteiger partial charge in [0.05, 0.1) is 7.05 Å². The second-order valence-corrected chi connectivity index (χ2v) is 3.44. The third-order valence-electron chi connectivity index (χ3n) is 2.19. The number of hydrogen-bond acceptors (Lipinski definition) is 4. The minimum Gasteiger partial charge on any atom is -0.634 e. The first-order valence-electron chi connectivity index (χ1n) is 3.50. The monoisotopic (exact) mass is 195 g/mol. The van der Waals surface area contributed by atoms with Gasteiger partial charge < -0.3 is 16.0 Å². The second kappa shape index (κ2) is 3.14. The van der Waals surface area contributed by atoms with Crippen LogP contribution in [0.3, 0.4) is 0 Å². The van der Waals surface area contributed by atoms with E-state index in [-0.39, 0.29) is 5.06 Å². The Morgan fingerprint density at radius 3 is 2.42 bits per heavy atom. The lowest BCUT2D eigenvalue weighted by molar-refractivity contribution is -0.869. The van der Waals surface area contributed by atoms with E-state index in [0.717, 1.165) is 0 Å². The van der Waals surface area contributed by atoms with Crippen molar-refractivity contribution < 1.29 is 9.99 Å². The number of likely N-dealkylation sites (N-methyl/N-ethyl adjacent to an activating group) is 1. The molecule has 5 atom stereocenters. The first kappa shape index (κ1) is 9.66. The highest BCUT2D eigenvalue weighted by molar-refractivity contribution is 6.22. The number of hydrogen-bond donors (Lipinski definition) is 2. The summed E-state index contributed by atoms with van der Waals surface area (Å²) in [4.78, 5) is 9.77. The summed E-state index contributed by atoms with van der Waals surface area (Å²) in [6.07, 6.45) is 0. The molecular weight excluding hydrogens is 186 g/mol. The highest BCUT2D eigenvalue weighted by atomic mass is 35.5. The zero-order valence-electron chi connectivity index (χ0n) is 6.44. The molecule has 1 fully saturated rings. The van der Waals surface area contributed by atoms with E-state index >= 15 is 0 Å². The van der Waals surface area contributed by atoms with Gasteiger partial charge >= 0.3 is 0 Å². The van der Waals surface area contributed by atoms with Crippen molar-refractivity contribution in [3.63, 3.8) is 0 Å². The summed E-state index contributed by atoms with van der Waals surface area (Å²) in [5.74, 6) is 0. The maximum Gasteiger partial charge on any atom is 0.255 e. The number of alkyl halides is 1. The lowest BCUT2D eigenvalue weighted by atomic mass is 9.81. The van der Waals surface area contributed by atoms with E-state index in [4.69, 9.17) is 17.3 Å². The molecule has 0 bridgehead atoms. The van der Waals surface area contributed by atoms with Crippen LogP contribution in [-0.2, 0) is 0 Å². The summed E-state index contributed by atoms with van der Waals surface area (Å²) < 4.78 is 0. The smallest absolute Gasteiger partial charge is 0.255 e. The quantitative estimate of drug-likeness (QED) is 0.302. The molecule has 70 valence electrons. The molecule has 0 radical (unpaired) electrons. The van der Waals surface area contributed by atoms with Crippen molar-refractivity contribution in [2.75, 3.05) is 7.05 Å². The average molecular weight is 196 g/mol. The van der Waals surface area contributed by atoms with Crippen LogP contribution in [0.15, 0.2) is 0 Å². The topological polar surface area (TPSA) is 96.7 Å². The number of hydroxylamine groups is 2. The summed E-state index contributed by atoms with van der Waals surface area (Å²) in [6, 6.07) is -2.25. The molecule has 6 nitrogen and oxygen atoms in total. The van der Waals surface area contributed by atoms with Gasteiger partial charge in [0, 0.05) is 4.92 Å². The molecule has 0 saturated heterocycles. The van der Waals surface area contributed by atoms with Gasteiger partial charge in [-0.25, -0.2) is 0 Å². The number of halogens is 1. The van der Waals surface area contributed by atoms with Crippen LogP contribution in [0.5, 0.6) is 0 Å². The lowest BCUT2D eigenvalue weighted by Gasteiger charge is -2.44. The fourth-order valence-electron chi connectivity index (χ4n) is 1.46. The maximum absolute atomic E-state index is 10.8. The van der Waals surface area contributed by atoms with Crippen molar-refractivity contribution in [3.8, 4) is 0 Å². The molecule has 3 N–H and O–H groups in total. The molecule has 0 aliphatic heterocycles. The first-order valence-corrected chi connectivity index (χ1v) is 3.94. The maximum atomic E-state index is 10.8. The molecular formula is C5H10ClN3O3. The molecule has 1 aliphatic rings. The Kier molecular flexibility index (Phi) is 2.52. The third-order valence-corrected chi connectivity index (χ3v) is 2.72. The Morgan fingerprint density at radius 1 is 1.67 bits per heavy atom. The van der Waals surface area contributed by atoms with E-state index in [2.05, 4.69) is 0 Å². The molecule has 0 amide bonds. The normalized spacial score (nSPS) is 43.3. The number of nitro groups is 1. The van der Waals surface area contributed by atoms with Gasteiger partial charge in [-0.2, -0.15) is 0 Å². The van der Waals surface area contributed by atoms with Crippen LogP contribution in [0.1, 0.15) is 0 Å².